The Balaban J connectivity index is 1.61. The molecule has 0 aromatic carbocycles. The summed E-state index contributed by atoms with van der Waals surface area (Å²) in [5.74, 6) is 3.00. The van der Waals surface area contributed by atoms with Crippen LogP contribution in [0.5, 0.6) is 0 Å². The van der Waals surface area contributed by atoms with Crippen molar-refractivity contribution in [3.05, 3.63) is 11.1 Å². The zero-order valence-electron chi connectivity index (χ0n) is 10.9. The fraction of sp³-hybridized carbons (Fsp3) is 0.800. The first kappa shape index (κ1) is 12.7. The first-order valence-corrected chi connectivity index (χ1v) is 7.94. The number of nitrogens with one attached hydrogen (secondary N) is 1. The molecule has 4 aliphatic carbocycles. The van der Waals surface area contributed by atoms with E-state index in [1.807, 2.05) is 0 Å². The Morgan fingerprint density at radius 2 is 1.67 bits per heavy atom. The highest BCUT2D eigenvalue weighted by molar-refractivity contribution is 9.11. The number of hydrogen-bond donors (Lipinski definition) is 1. The van der Waals surface area contributed by atoms with Gasteiger partial charge >= 0.3 is 0 Å². The second kappa shape index (κ2) is 4.66. The molecule has 2 nitrogen and oxygen atoms in total. The molecule has 4 aliphatic rings. The Labute approximate surface area is 118 Å². The first-order chi connectivity index (χ1) is 8.55. The summed E-state index contributed by atoms with van der Waals surface area (Å²) < 4.78 is 0.848. The molecule has 4 saturated carbocycles. The van der Waals surface area contributed by atoms with Gasteiger partial charge in [0, 0.05) is 17.4 Å². The highest BCUT2D eigenvalue weighted by Crippen LogP contribution is 2.61. The summed E-state index contributed by atoms with van der Waals surface area (Å²) in [6, 6.07) is 0. The first-order valence-electron chi connectivity index (χ1n) is 7.15. The Bertz CT molecular complexity index is 341. The van der Waals surface area contributed by atoms with Crippen LogP contribution >= 0.6 is 15.9 Å². The second-order valence-electron chi connectivity index (χ2n) is 6.89. The number of halogens is 1. The van der Waals surface area contributed by atoms with Crippen molar-refractivity contribution in [2.75, 3.05) is 6.54 Å². The average molecular weight is 312 g/mol. The smallest absolute Gasteiger partial charge is 0.220 e. The molecule has 3 heteroatoms. The monoisotopic (exact) mass is 311 g/mol. The summed E-state index contributed by atoms with van der Waals surface area (Å²) in [6.45, 7) is 4.32. The standard InChI is InChI=1S/C15H22BrNO/c1-10(16)9-17-14(18)8-15-5-11-2-12(6-15)4-13(3-11)7-15/h11-13H,1-9H2,(H,17,18). The summed E-state index contributed by atoms with van der Waals surface area (Å²) in [7, 11) is 0. The highest BCUT2D eigenvalue weighted by Gasteiger charge is 2.51. The molecule has 100 valence electrons. The van der Waals surface area contributed by atoms with E-state index >= 15 is 0 Å². The molecule has 0 heterocycles. The van der Waals surface area contributed by atoms with E-state index in [-0.39, 0.29) is 5.91 Å². The van der Waals surface area contributed by atoms with E-state index in [9.17, 15) is 4.79 Å². The van der Waals surface area contributed by atoms with Gasteiger partial charge in [-0.1, -0.05) is 22.5 Å². The van der Waals surface area contributed by atoms with E-state index in [2.05, 4.69) is 27.8 Å². The normalized spacial score (nSPS) is 40.8. The van der Waals surface area contributed by atoms with Crippen molar-refractivity contribution in [1.82, 2.24) is 5.32 Å². The third-order valence-electron chi connectivity index (χ3n) is 5.18. The molecular weight excluding hydrogens is 290 g/mol. The highest BCUT2D eigenvalue weighted by atomic mass is 79.9. The Kier molecular flexibility index (Phi) is 3.29. The van der Waals surface area contributed by atoms with Gasteiger partial charge in [0.15, 0.2) is 0 Å². The van der Waals surface area contributed by atoms with Gasteiger partial charge in [-0.25, -0.2) is 0 Å². The molecule has 0 aliphatic heterocycles. The number of carbonyl (C=O) groups is 1. The van der Waals surface area contributed by atoms with Gasteiger partial charge in [-0.2, -0.15) is 0 Å². The number of amides is 1. The molecule has 0 radical (unpaired) electrons. The lowest BCUT2D eigenvalue weighted by Crippen LogP contribution is -2.48. The molecule has 0 atom stereocenters. The van der Waals surface area contributed by atoms with Crippen molar-refractivity contribution < 1.29 is 4.79 Å². The molecule has 0 aromatic rings. The largest absolute Gasteiger partial charge is 0.352 e. The fourth-order valence-corrected chi connectivity index (χ4v) is 5.24. The maximum absolute atomic E-state index is 12.1. The van der Waals surface area contributed by atoms with Gasteiger partial charge in [-0.05, 0) is 61.7 Å². The molecule has 0 aromatic heterocycles. The van der Waals surface area contributed by atoms with Gasteiger partial charge in [-0.15, -0.1) is 0 Å². The van der Waals surface area contributed by atoms with Crippen LogP contribution in [0.3, 0.4) is 0 Å². The third kappa shape index (κ3) is 2.52. The van der Waals surface area contributed by atoms with Crippen molar-refractivity contribution in [3.8, 4) is 0 Å². The van der Waals surface area contributed by atoms with Crippen LogP contribution in [-0.4, -0.2) is 12.5 Å². The second-order valence-corrected chi connectivity index (χ2v) is 8.01. The summed E-state index contributed by atoms with van der Waals surface area (Å²) >= 11 is 3.29. The van der Waals surface area contributed by atoms with Crippen molar-refractivity contribution in [1.29, 1.82) is 0 Å². The van der Waals surface area contributed by atoms with E-state index in [1.165, 1.54) is 38.5 Å². The predicted octanol–water partition coefficient (Wildman–Crippen LogP) is 3.62. The van der Waals surface area contributed by atoms with E-state index in [4.69, 9.17) is 0 Å². The lowest BCUT2D eigenvalue weighted by molar-refractivity contribution is -0.129. The molecule has 0 unspecified atom stereocenters. The van der Waals surface area contributed by atoms with E-state index in [1.54, 1.807) is 0 Å². The summed E-state index contributed by atoms with van der Waals surface area (Å²) in [4.78, 5) is 12.1. The van der Waals surface area contributed by atoms with Crippen LogP contribution in [0.2, 0.25) is 0 Å². The van der Waals surface area contributed by atoms with Crippen LogP contribution in [-0.2, 0) is 4.79 Å². The average Bonchev–Trinajstić information content (AvgIpc) is 2.23. The van der Waals surface area contributed by atoms with Crippen molar-refractivity contribution in [2.24, 2.45) is 23.2 Å². The topological polar surface area (TPSA) is 29.1 Å². The molecule has 4 rings (SSSR count). The van der Waals surface area contributed by atoms with Gasteiger partial charge in [-0.3, -0.25) is 4.79 Å². The summed E-state index contributed by atoms with van der Waals surface area (Å²) in [6.07, 6.45) is 9.00. The molecule has 0 spiro atoms. The molecule has 0 saturated heterocycles. The lowest BCUT2D eigenvalue weighted by atomic mass is 9.49. The van der Waals surface area contributed by atoms with Crippen molar-refractivity contribution in [2.45, 2.75) is 44.9 Å². The van der Waals surface area contributed by atoms with Gasteiger partial charge in [0.1, 0.15) is 0 Å². The molecule has 1 N–H and O–H groups in total. The Morgan fingerprint density at radius 1 is 1.17 bits per heavy atom. The summed E-state index contributed by atoms with van der Waals surface area (Å²) in [5.41, 5.74) is 0.354. The lowest BCUT2D eigenvalue weighted by Gasteiger charge is -2.56. The molecule has 4 fully saturated rings. The number of hydrogen-bond acceptors (Lipinski definition) is 1. The Hall–Kier alpha value is -0.310. The minimum atomic E-state index is 0.220. The minimum absolute atomic E-state index is 0.220. The van der Waals surface area contributed by atoms with E-state index < -0.39 is 0 Å². The minimum Gasteiger partial charge on any atom is -0.352 e. The van der Waals surface area contributed by atoms with Crippen molar-refractivity contribution in [3.63, 3.8) is 0 Å². The maximum Gasteiger partial charge on any atom is 0.220 e. The quantitative estimate of drug-likeness (QED) is 0.844. The number of carbonyl (C=O) groups excluding carboxylic acids is 1. The number of rotatable bonds is 4. The van der Waals surface area contributed by atoms with Crippen LogP contribution < -0.4 is 5.32 Å². The van der Waals surface area contributed by atoms with Gasteiger partial charge < -0.3 is 5.32 Å². The van der Waals surface area contributed by atoms with Crippen LogP contribution in [0, 0.1) is 23.2 Å². The van der Waals surface area contributed by atoms with Crippen LogP contribution in [0.15, 0.2) is 11.1 Å². The van der Waals surface area contributed by atoms with Crippen LogP contribution in [0.4, 0.5) is 0 Å². The fourth-order valence-electron chi connectivity index (χ4n) is 5.10. The van der Waals surface area contributed by atoms with E-state index in [0.29, 0.717) is 12.0 Å². The van der Waals surface area contributed by atoms with Gasteiger partial charge in [0.25, 0.3) is 0 Å². The third-order valence-corrected chi connectivity index (χ3v) is 5.46. The van der Waals surface area contributed by atoms with Crippen molar-refractivity contribution >= 4 is 21.8 Å². The molecule has 18 heavy (non-hydrogen) atoms. The maximum atomic E-state index is 12.1. The zero-order valence-corrected chi connectivity index (χ0v) is 12.5. The van der Waals surface area contributed by atoms with Crippen LogP contribution in [0.1, 0.15) is 44.9 Å². The van der Waals surface area contributed by atoms with Gasteiger partial charge in [0.05, 0.1) is 0 Å². The molecule has 1 amide bonds. The summed E-state index contributed by atoms with van der Waals surface area (Å²) in [5, 5.41) is 2.97. The van der Waals surface area contributed by atoms with Crippen LogP contribution in [0.25, 0.3) is 0 Å². The Morgan fingerprint density at radius 3 is 2.11 bits per heavy atom. The zero-order chi connectivity index (χ0) is 12.8. The molecule has 4 bridgehead atoms. The van der Waals surface area contributed by atoms with E-state index in [0.717, 1.165) is 28.7 Å². The SMILES string of the molecule is C=C(Br)CNC(=O)CC12CC3CC(CC(C3)C1)C2. The van der Waals surface area contributed by atoms with Gasteiger partial charge in [0.2, 0.25) is 5.91 Å². The molecular formula is C15H22BrNO. The predicted molar refractivity (Wildman–Crippen MR) is 76.3 cm³/mol.